The van der Waals surface area contributed by atoms with E-state index in [-0.39, 0.29) is 5.70 Å². The molecular formula is C10H10N2O4. The Morgan fingerprint density at radius 3 is 2.69 bits per heavy atom. The van der Waals surface area contributed by atoms with Gasteiger partial charge in [0.05, 0.1) is 0 Å². The maximum Gasteiger partial charge on any atom is 0.351 e. The highest BCUT2D eigenvalue weighted by atomic mass is 16.4. The van der Waals surface area contributed by atoms with E-state index in [0.29, 0.717) is 5.56 Å². The normalized spacial score (nSPS) is 10.9. The Morgan fingerprint density at radius 1 is 1.44 bits per heavy atom. The van der Waals surface area contributed by atoms with Crippen molar-refractivity contribution in [3.63, 3.8) is 0 Å². The van der Waals surface area contributed by atoms with E-state index in [1.165, 1.54) is 12.3 Å². The molecule has 0 unspecified atom stereocenters. The third-order valence-electron chi connectivity index (χ3n) is 1.66. The summed E-state index contributed by atoms with van der Waals surface area (Å²) in [4.78, 5) is 24.9. The lowest BCUT2D eigenvalue weighted by atomic mass is 10.2. The maximum absolute atomic E-state index is 10.8. The first kappa shape index (κ1) is 11.7. The first-order chi connectivity index (χ1) is 7.59. The first-order valence-electron chi connectivity index (χ1n) is 4.40. The number of carboxylic acids is 2. The molecule has 3 N–H and O–H groups in total. The molecule has 6 heteroatoms. The van der Waals surface area contributed by atoms with E-state index >= 15 is 0 Å². The van der Waals surface area contributed by atoms with E-state index < -0.39 is 18.5 Å². The highest BCUT2D eigenvalue weighted by molar-refractivity contribution is 5.92. The highest BCUT2D eigenvalue weighted by Gasteiger charge is 2.08. The number of carboxylic acid groups (broad SMARTS) is 2. The van der Waals surface area contributed by atoms with Gasteiger partial charge in [0.2, 0.25) is 0 Å². The average Bonchev–Trinajstić information content (AvgIpc) is 2.25. The SMILES string of the molecule is O=C(O)CN/C(=C/c1cccnc1)C(=O)O. The summed E-state index contributed by atoms with van der Waals surface area (Å²) in [5, 5.41) is 19.5. The van der Waals surface area contributed by atoms with Gasteiger partial charge in [0.15, 0.2) is 0 Å². The summed E-state index contributed by atoms with van der Waals surface area (Å²) in [6.07, 6.45) is 4.35. The van der Waals surface area contributed by atoms with Gasteiger partial charge in [-0.05, 0) is 17.7 Å². The van der Waals surface area contributed by atoms with Crippen molar-refractivity contribution in [2.75, 3.05) is 6.54 Å². The van der Waals surface area contributed by atoms with Crippen molar-refractivity contribution in [3.8, 4) is 0 Å². The van der Waals surface area contributed by atoms with E-state index in [1.807, 2.05) is 0 Å². The number of aliphatic carboxylic acids is 2. The predicted octanol–water partition coefficient (Wildman–Crippen LogP) is 0.181. The molecular weight excluding hydrogens is 212 g/mol. The van der Waals surface area contributed by atoms with Gasteiger partial charge in [-0.2, -0.15) is 0 Å². The van der Waals surface area contributed by atoms with Gasteiger partial charge >= 0.3 is 11.9 Å². The molecule has 6 nitrogen and oxygen atoms in total. The van der Waals surface area contributed by atoms with Crippen LogP contribution in [-0.4, -0.2) is 33.7 Å². The minimum atomic E-state index is -1.22. The van der Waals surface area contributed by atoms with Crippen LogP contribution in [0.25, 0.3) is 6.08 Å². The second-order valence-corrected chi connectivity index (χ2v) is 2.90. The fourth-order valence-corrected chi connectivity index (χ4v) is 0.987. The Balaban J connectivity index is 2.81. The molecule has 0 spiro atoms. The van der Waals surface area contributed by atoms with E-state index in [9.17, 15) is 9.59 Å². The summed E-state index contributed by atoms with van der Waals surface area (Å²) in [5.74, 6) is -2.34. The molecule has 0 saturated carbocycles. The summed E-state index contributed by atoms with van der Waals surface area (Å²) in [6, 6.07) is 3.32. The Morgan fingerprint density at radius 2 is 2.19 bits per heavy atom. The smallest absolute Gasteiger partial charge is 0.351 e. The fraction of sp³-hybridized carbons (Fsp3) is 0.100. The quantitative estimate of drug-likeness (QED) is 0.614. The number of pyridine rings is 1. The van der Waals surface area contributed by atoms with Gasteiger partial charge in [0.1, 0.15) is 12.2 Å². The lowest BCUT2D eigenvalue weighted by molar-refractivity contribution is -0.136. The van der Waals surface area contributed by atoms with Crippen LogP contribution in [-0.2, 0) is 9.59 Å². The summed E-state index contributed by atoms with van der Waals surface area (Å²) in [5.41, 5.74) is 0.396. The van der Waals surface area contributed by atoms with Crippen molar-refractivity contribution in [1.29, 1.82) is 0 Å². The zero-order valence-electron chi connectivity index (χ0n) is 8.25. The molecule has 0 radical (unpaired) electrons. The molecule has 0 amide bonds. The van der Waals surface area contributed by atoms with Crippen molar-refractivity contribution in [1.82, 2.24) is 10.3 Å². The molecule has 1 aromatic heterocycles. The molecule has 0 atom stereocenters. The number of hydrogen-bond donors (Lipinski definition) is 3. The average molecular weight is 222 g/mol. The Hall–Kier alpha value is -2.37. The predicted molar refractivity (Wildman–Crippen MR) is 55.5 cm³/mol. The van der Waals surface area contributed by atoms with Crippen molar-refractivity contribution in [2.45, 2.75) is 0 Å². The number of hydrogen-bond acceptors (Lipinski definition) is 4. The molecule has 0 bridgehead atoms. The van der Waals surface area contributed by atoms with Gasteiger partial charge in [-0.25, -0.2) is 4.79 Å². The van der Waals surface area contributed by atoms with Gasteiger partial charge in [0, 0.05) is 12.4 Å². The molecule has 1 heterocycles. The molecule has 0 aliphatic carbocycles. The van der Waals surface area contributed by atoms with Crippen molar-refractivity contribution in [3.05, 3.63) is 35.8 Å². The summed E-state index contributed by atoms with van der Waals surface area (Å²) < 4.78 is 0. The van der Waals surface area contributed by atoms with E-state index in [2.05, 4.69) is 10.3 Å². The zero-order chi connectivity index (χ0) is 12.0. The summed E-state index contributed by atoms with van der Waals surface area (Å²) in [7, 11) is 0. The first-order valence-corrected chi connectivity index (χ1v) is 4.40. The van der Waals surface area contributed by atoms with Crippen LogP contribution >= 0.6 is 0 Å². The van der Waals surface area contributed by atoms with E-state index in [0.717, 1.165) is 0 Å². The van der Waals surface area contributed by atoms with Crippen LogP contribution in [0.1, 0.15) is 5.56 Å². The zero-order valence-corrected chi connectivity index (χ0v) is 8.25. The van der Waals surface area contributed by atoms with Gasteiger partial charge in [-0.1, -0.05) is 6.07 Å². The minimum Gasteiger partial charge on any atom is -0.480 e. The monoisotopic (exact) mass is 222 g/mol. The van der Waals surface area contributed by atoms with Crippen LogP contribution in [0.5, 0.6) is 0 Å². The molecule has 84 valence electrons. The summed E-state index contributed by atoms with van der Waals surface area (Å²) in [6.45, 7) is -0.446. The van der Waals surface area contributed by atoms with Gasteiger partial charge in [-0.3, -0.25) is 9.78 Å². The molecule has 0 fully saturated rings. The second-order valence-electron chi connectivity index (χ2n) is 2.90. The van der Waals surface area contributed by atoms with Crippen molar-refractivity contribution < 1.29 is 19.8 Å². The second kappa shape index (κ2) is 5.50. The topological polar surface area (TPSA) is 99.5 Å². The van der Waals surface area contributed by atoms with Crippen LogP contribution in [0.15, 0.2) is 30.2 Å². The maximum atomic E-state index is 10.8. The third-order valence-corrected chi connectivity index (χ3v) is 1.66. The molecule has 1 aromatic rings. The number of rotatable bonds is 5. The standard InChI is InChI=1S/C10H10N2O4/c13-9(14)6-12-8(10(15)16)4-7-2-1-3-11-5-7/h1-5,12H,6H2,(H,13,14)(H,15,16)/b8-4+. The third kappa shape index (κ3) is 3.79. The van der Waals surface area contributed by atoms with Crippen LogP contribution in [0.2, 0.25) is 0 Å². The lowest BCUT2D eigenvalue weighted by Gasteiger charge is -2.03. The number of nitrogens with one attached hydrogen (secondary N) is 1. The largest absolute Gasteiger partial charge is 0.480 e. The number of nitrogens with zero attached hydrogens (tertiary/aromatic N) is 1. The van der Waals surface area contributed by atoms with Gasteiger partial charge in [0.25, 0.3) is 0 Å². The molecule has 0 aromatic carbocycles. The van der Waals surface area contributed by atoms with E-state index in [4.69, 9.17) is 10.2 Å². The van der Waals surface area contributed by atoms with Crippen molar-refractivity contribution in [2.24, 2.45) is 0 Å². The Kier molecular flexibility index (Phi) is 4.02. The highest BCUT2D eigenvalue weighted by Crippen LogP contribution is 2.02. The molecule has 1 rings (SSSR count). The molecule has 16 heavy (non-hydrogen) atoms. The van der Waals surface area contributed by atoms with Crippen molar-refractivity contribution >= 4 is 18.0 Å². The molecule has 0 aliphatic rings. The Labute approximate surface area is 91.2 Å². The van der Waals surface area contributed by atoms with Crippen LogP contribution in [0.3, 0.4) is 0 Å². The summed E-state index contributed by atoms with van der Waals surface area (Å²) >= 11 is 0. The van der Waals surface area contributed by atoms with Gasteiger partial charge in [-0.15, -0.1) is 0 Å². The fourth-order valence-electron chi connectivity index (χ4n) is 0.987. The lowest BCUT2D eigenvalue weighted by Crippen LogP contribution is -2.26. The number of aromatic nitrogens is 1. The minimum absolute atomic E-state index is 0.185. The van der Waals surface area contributed by atoms with Gasteiger partial charge < -0.3 is 15.5 Å². The molecule has 0 saturated heterocycles. The Bertz CT molecular complexity index is 414. The van der Waals surface area contributed by atoms with Crippen LogP contribution in [0.4, 0.5) is 0 Å². The van der Waals surface area contributed by atoms with Crippen LogP contribution in [0, 0.1) is 0 Å². The van der Waals surface area contributed by atoms with E-state index in [1.54, 1.807) is 18.3 Å². The van der Waals surface area contributed by atoms with Crippen LogP contribution < -0.4 is 5.32 Å². The molecule has 0 aliphatic heterocycles. The number of carbonyl (C=O) groups is 2.